The van der Waals surface area contributed by atoms with Crippen molar-refractivity contribution in [2.75, 3.05) is 7.05 Å². The predicted octanol–water partition coefficient (Wildman–Crippen LogP) is 3.04. The van der Waals surface area contributed by atoms with E-state index < -0.39 is 0 Å². The van der Waals surface area contributed by atoms with Gasteiger partial charge in [0.25, 0.3) is 0 Å². The first kappa shape index (κ1) is 11.8. The molecule has 68 valence electrons. The minimum atomic E-state index is 0. The van der Waals surface area contributed by atoms with Gasteiger partial charge in [-0.15, -0.1) is 12.4 Å². The van der Waals surface area contributed by atoms with Gasteiger partial charge in [0.05, 0.1) is 0 Å². The molecule has 0 heterocycles. The Balaban J connectivity index is 0.00000121. The average molecular weight is 206 g/mol. The van der Waals surface area contributed by atoms with Gasteiger partial charge in [-0.3, -0.25) is 0 Å². The summed E-state index contributed by atoms with van der Waals surface area (Å²) in [7, 11) is 1.94. The molecular weight excluding hydrogens is 193 g/mol. The molecule has 0 fully saturated rings. The number of benzene rings is 1. The van der Waals surface area contributed by atoms with Crippen molar-refractivity contribution < 1.29 is 0 Å². The standard InChI is InChI=1S/C9H12ClN.ClH/c1-7(11-2)8-3-5-9(10)6-4-8;/h3-7,11H,1-2H3;1H. The van der Waals surface area contributed by atoms with Gasteiger partial charge in [-0.1, -0.05) is 23.7 Å². The Morgan fingerprint density at radius 2 is 1.75 bits per heavy atom. The van der Waals surface area contributed by atoms with Crippen molar-refractivity contribution in [1.29, 1.82) is 0 Å². The summed E-state index contributed by atoms with van der Waals surface area (Å²) in [5.74, 6) is 0. The van der Waals surface area contributed by atoms with E-state index in [4.69, 9.17) is 11.6 Å². The van der Waals surface area contributed by atoms with E-state index in [0.717, 1.165) is 5.02 Å². The number of hydrogen-bond donors (Lipinski definition) is 1. The van der Waals surface area contributed by atoms with E-state index in [1.54, 1.807) is 0 Å². The highest BCUT2D eigenvalue weighted by molar-refractivity contribution is 6.30. The zero-order valence-electron chi connectivity index (χ0n) is 7.17. The summed E-state index contributed by atoms with van der Waals surface area (Å²) in [4.78, 5) is 0. The molecule has 1 nitrogen and oxygen atoms in total. The second kappa shape index (κ2) is 5.41. The maximum atomic E-state index is 5.74. The lowest BCUT2D eigenvalue weighted by Gasteiger charge is -2.09. The van der Waals surface area contributed by atoms with E-state index in [1.165, 1.54) is 5.56 Å². The Bertz CT molecular complexity index is 220. The van der Waals surface area contributed by atoms with Gasteiger partial charge < -0.3 is 5.32 Å². The lowest BCUT2D eigenvalue weighted by atomic mass is 10.1. The van der Waals surface area contributed by atoms with E-state index in [9.17, 15) is 0 Å². The van der Waals surface area contributed by atoms with Crippen molar-refractivity contribution in [1.82, 2.24) is 5.32 Å². The van der Waals surface area contributed by atoms with Gasteiger partial charge in [0.2, 0.25) is 0 Å². The van der Waals surface area contributed by atoms with Gasteiger partial charge in [0, 0.05) is 11.1 Å². The fourth-order valence-electron chi connectivity index (χ4n) is 0.918. The highest BCUT2D eigenvalue weighted by atomic mass is 35.5. The molecule has 0 spiro atoms. The van der Waals surface area contributed by atoms with Crippen LogP contribution in [-0.4, -0.2) is 7.05 Å². The van der Waals surface area contributed by atoms with Gasteiger partial charge in [0.1, 0.15) is 0 Å². The van der Waals surface area contributed by atoms with Crippen LogP contribution in [0, 0.1) is 0 Å². The van der Waals surface area contributed by atoms with Crippen LogP contribution >= 0.6 is 24.0 Å². The zero-order valence-corrected chi connectivity index (χ0v) is 8.75. The van der Waals surface area contributed by atoms with Crippen molar-refractivity contribution in [3.8, 4) is 0 Å². The molecule has 0 saturated heterocycles. The summed E-state index contributed by atoms with van der Waals surface area (Å²) in [6, 6.07) is 8.27. The Morgan fingerprint density at radius 3 is 2.17 bits per heavy atom. The molecule has 1 aromatic carbocycles. The summed E-state index contributed by atoms with van der Waals surface area (Å²) in [5, 5.41) is 3.95. The third-order valence-corrected chi connectivity index (χ3v) is 2.05. The van der Waals surface area contributed by atoms with Crippen LogP contribution in [0.2, 0.25) is 5.02 Å². The SMILES string of the molecule is CNC(C)c1ccc(Cl)cc1.Cl. The van der Waals surface area contributed by atoms with Crippen molar-refractivity contribution in [3.63, 3.8) is 0 Å². The van der Waals surface area contributed by atoms with Crippen LogP contribution < -0.4 is 5.32 Å². The van der Waals surface area contributed by atoms with Crippen LogP contribution in [0.1, 0.15) is 18.5 Å². The van der Waals surface area contributed by atoms with Gasteiger partial charge in [0.15, 0.2) is 0 Å². The molecule has 0 radical (unpaired) electrons. The highest BCUT2D eigenvalue weighted by Gasteiger charge is 1.99. The third-order valence-electron chi connectivity index (χ3n) is 1.80. The maximum Gasteiger partial charge on any atom is 0.0406 e. The van der Waals surface area contributed by atoms with Gasteiger partial charge in [-0.25, -0.2) is 0 Å². The summed E-state index contributed by atoms with van der Waals surface area (Å²) in [5.41, 5.74) is 1.26. The number of nitrogens with one attached hydrogen (secondary N) is 1. The molecule has 1 aromatic rings. The van der Waals surface area contributed by atoms with Gasteiger partial charge >= 0.3 is 0 Å². The van der Waals surface area contributed by atoms with Crippen molar-refractivity contribution in [2.45, 2.75) is 13.0 Å². The molecule has 0 aliphatic heterocycles. The minimum absolute atomic E-state index is 0. The predicted molar refractivity (Wildman–Crippen MR) is 56.2 cm³/mol. The van der Waals surface area contributed by atoms with Crippen LogP contribution in [0.3, 0.4) is 0 Å². The Morgan fingerprint density at radius 1 is 1.25 bits per heavy atom. The van der Waals surface area contributed by atoms with E-state index in [-0.39, 0.29) is 12.4 Å². The molecule has 1 atom stereocenters. The first-order valence-corrected chi connectivity index (χ1v) is 4.04. The summed E-state index contributed by atoms with van der Waals surface area (Å²) in [6.07, 6.45) is 0. The summed E-state index contributed by atoms with van der Waals surface area (Å²) < 4.78 is 0. The Labute approximate surface area is 84.5 Å². The van der Waals surface area contributed by atoms with E-state index in [1.807, 2.05) is 31.3 Å². The van der Waals surface area contributed by atoms with Gasteiger partial charge in [-0.05, 0) is 31.7 Å². The van der Waals surface area contributed by atoms with Crippen molar-refractivity contribution in [2.24, 2.45) is 0 Å². The smallest absolute Gasteiger partial charge is 0.0406 e. The molecule has 1 rings (SSSR count). The monoisotopic (exact) mass is 205 g/mol. The zero-order chi connectivity index (χ0) is 8.27. The molecule has 3 heteroatoms. The summed E-state index contributed by atoms with van der Waals surface area (Å²) in [6.45, 7) is 2.11. The first-order valence-electron chi connectivity index (χ1n) is 3.67. The maximum absolute atomic E-state index is 5.74. The van der Waals surface area contributed by atoms with E-state index >= 15 is 0 Å². The van der Waals surface area contributed by atoms with Crippen molar-refractivity contribution in [3.05, 3.63) is 34.9 Å². The van der Waals surface area contributed by atoms with Crippen LogP contribution in [0.25, 0.3) is 0 Å². The van der Waals surface area contributed by atoms with Crippen LogP contribution in [0.4, 0.5) is 0 Å². The first-order chi connectivity index (χ1) is 5.24. The molecule has 0 aliphatic carbocycles. The molecule has 0 bridgehead atoms. The van der Waals surface area contributed by atoms with Gasteiger partial charge in [-0.2, -0.15) is 0 Å². The quantitative estimate of drug-likeness (QED) is 0.784. The minimum Gasteiger partial charge on any atom is -0.313 e. The molecule has 0 saturated carbocycles. The number of halogens is 2. The second-order valence-corrected chi connectivity index (χ2v) is 3.00. The fraction of sp³-hybridized carbons (Fsp3) is 0.333. The van der Waals surface area contributed by atoms with E-state index in [0.29, 0.717) is 6.04 Å². The largest absolute Gasteiger partial charge is 0.313 e. The number of rotatable bonds is 2. The molecule has 0 aliphatic rings. The molecule has 0 aromatic heterocycles. The Hall–Kier alpha value is -0.240. The molecule has 12 heavy (non-hydrogen) atoms. The third kappa shape index (κ3) is 3.02. The summed E-state index contributed by atoms with van der Waals surface area (Å²) >= 11 is 5.74. The number of hydrogen-bond acceptors (Lipinski definition) is 1. The van der Waals surface area contributed by atoms with Crippen LogP contribution in [0.15, 0.2) is 24.3 Å². The average Bonchev–Trinajstić information content (AvgIpc) is 2.05. The van der Waals surface area contributed by atoms with Crippen LogP contribution in [-0.2, 0) is 0 Å². The normalized spacial score (nSPS) is 11.9. The lowest BCUT2D eigenvalue weighted by molar-refractivity contribution is 0.652. The molecule has 0 amide bonds. The second-order valence-electron chi connectivity index (χ2n) is 2.56. The van der Waals surface area contributed by atoms with Crippen molar-refractivity contribution >= 4 is 24.0 Å². The van der Waals surface area contributed by atoms with E-state index in [2.05, 4.69) is 12.2 Å². The highest BCUT2D eigenvalue weighted by Crippen LogP contribution is 2.14. The molecular formula is C9H13Cl2N. The molecule has 1 N–H and O–H groups in total. The lowest BCUT2D eigenvalue weighted by Crippen LogP contribution is -2.11. The molecule has 1 unspecified atom stereocenters. The topological polar surface area (TPSA) is 12.0 Å². The Kier molecular flexibility index (Phi) is 5.31. The fourth-order valence-corrected chi connectivity index (χ4v) is 1.04. The van der Waals surface area contributed by atoms with Crippen LogP contribution in [0.5, 0.6) is 0 Å².